The molecule has 1 saturated heterocycles. The number of rotatable bonds is 6. The molecule has 4 rings (SSSR count). The van der Waals surface area contributed by atoms with Crippen molar-refractivity contribution in [2.45, 2.75) is 19.1 Å². The Hall–Kier alpha value is -2.19. The summed E-state index contributed by atoms with van der Waals surface area (Å²) in [6.45, 7) is 3.73. The molecule has 3 aromatic rings. The summed E-state index contributed by atoms with van der Waals surface area (Å²) in [6.07, 6.45) is 4.33. The molecule has 7 nitrogen and oxygen atoms in total. The Morgan fingerprint density at radius 2 is 2.07 bits per heavy atom. The van der Waals surface area contributed by atoms with Gasteiger partial charge in [0.2, 0.25) is 0 Å². The molecule has 1 atom stereocenters. The zero-order valence-corrected chi connectivity index (χ0v) is 17.5. The number of carbonyl (C=O) groups is 1. The van der Waals surface area contributed by atoms with Crippen LogP contribution in [0, 0.1) is 0 Å². The number of fused-ring (bicyclic) bond motifs is 1. The minimum absolute atomic E-state index is 0. The van der Waals surface area contributed by atoms with Crippen LogP contribution in [0.3, 0.4) is 0 Å². The number of aromatic nitrogens is 3. The summed E-state index contributed by atoms with van der Waals surface area (Å²) in [6, 6.07) is 11.9. The van der Waals surface area contributed by atoms with E-state index in [1.165, 1.54) is 5.56 Å². The Labute approximate surface area is 182 Å². The molecule has 29 heavy (non-hydrogen) atoms. The van der Waals surface area contributed by atoms with E-state index < -0.39 is 0 Å². The van der Waals surface area contributed by atoms with E-state index in [1.807, 2.05) is 22.8 Å². The van der Waals surface area contributed by atoms with Crippen molar-refractivity contribution in [3.63, 3.8) is 0 Å². The first-order chi connectivity index (χ1) is 13.3. The summed E-state index contributed by atoms with van der Waals surface area (Å²) in [7, 11) is 0. The summed E-state index contributed by atoms with van der Waals surface area (Å²) in [5.41, 5.74) is 3.20. The number of nitrogens with one attached hydrogen (secondary N) is 2. The van der Waals surface area contributed by atoms with E-state index in [9.17, 15) is 4.79 Å². The van der Waals surface area contributed by atoms with E-state index in [4.69, 9.17) is 4.74 Å². The number of nitrogens with zero attached hydrogens (tertiary/aromatic N) is 3. The molecular weight excluding hydrogens is 413 g/mol. The van der Waals surface area contributed by atoms with Gasteiger partial charge in [0.15, 0.2) is 5.65 Å². The van der Waals surface area contributed by atoms with E-state index in [2.05, 4.69) is 32.7 Å². The predicted octanol–water partition coefficient (Wildman–Crippen LogP) is 2.43. The molecule has 1 aromatic carbocycles. The highest BCUT2D eigenvalue weighted by molar-refractivity contribution is 5.96. The van der Waals surface area contributed by atoms with Crippen LogP contribution in [-0.4, -0.2) is 52.8 Å². The minimum atomic E-state index is -0.134. The fraction of sp³-hybridized carbons (Fsp3) is 0.350. The molecule has 1 amide bonds. The fourth-order valence-electron chi connectivity index (χ4n) is 3.22. The van der Waals surface area contributed by atoms with Gasteiger partial charge in [0.05, 0.1) is 31.1 Å². The van der Waals surface area contributed by atoms with Crippen LogP contribution in [0.4, 0.5) is 0 Å². The molecule has 1 fully saturated rings. The molecule has 0 radical (unpaired) electrons. The first kappa shape index (κ1) is 23.1. The van der Waals surface area contributed by atoms with Gasteiger partial charge in [0.25, 0.3) is 5.91 Å². The van der Waals surface area contributed by atoms with Crippen LogP contribution >= 0.6 is 24.8 Å². The van der Waals surface area contributed by atoms with Crippen molar-refractivity contribution in [2.75, 3.05) is 26.2 Å². The lowest BCUT2D eigenvalue weighted by molar-refractivity contribution is 0.0239. The van der Waals surface area contributed by atoms with Gasteiger partial charge in [-0.1, -0.05) is 30.3 Å². The summed E-state index contributed by atoms with van der Waals surface area (Å²) >= 11 is 0. The molecule has 2 aromatic heterocycles. The molecule has 0 saturated carbocycles. The van der Waals surface area contributed by atoms with Crippen LogP contribution in [0.15, 0.2) is 48.9 Å². The number of amides is 1. The van der Waals surface area contributed by atoms with Crippen LogP contribution in [0.1, 0.15) is 22.3 Å². The Morgan fingerprint density at radius 3 is 2.83 bits per heavy atom. The summed E-state index contributed by atoms with van der Waals surface area (Å²) < 4.78 is 7.62. The molecule has 0 bridgehead atoms. The summed E-state index contributed by atoms with van der Waals surface area (Å²) in [5, 5.41) is 6.22. The first-order valence-electron chi connectivity index (χ1n) is 9.25. The second-order valence-electron chi connectivity index (χ2n) is 6.67. The minimum Gasteiger partial charge on any atom is -0.376 e. The van der Waals surface area contributed by atoms with Crippen LogP contribution in [0.25, 0.3) is 11.2 Å². The lowest BCUT2D eigenvalue weighted by atomic mass is 10.2. The van der Waals surface area contributed by atoms with Gasteiger partial charge >= 0.3 is 0 Å². The van der Waals surface area contributed by atoms with E-state index in [1.54, 1.807) is 18.6 Å². The number of hydrogen-bond donors (Lipinski definition) is 2. The number of ether oxygens (including phenoxy) is 1. The third-order valence-corrected chi connectivity index (χ3v) is 4.67. The van der Waals surface area contributed by atoms with Crippen molar-refractivity contribution in [2.24, 2.45) is 0 Å². The number of benzene rings is 1. The smallest absolute Gasteiger partial charge is 0.252 e. The lowest BCUT2D eigenvalue weighted by Gasteiger charge is -2.23. The average molecular weight is 438 g/mol. The van der Waals surface area contributed by atoms with Crippen molar-refractivity contribution < 1.29 is 9.53 Å². The number of hydrogen-bond acceptors (Lipinski definition) is 5. The summed E-state index contributed by atoms with van der Waals surface area (Å²) in [5.74, 6) is -0.134. The van der Waals surface area contributed by atoms with Gasteiger partial charge in [0, 0.05) is 25.8 Å². The van der Waals surface area contributed by atoms with Gasteiger partial charge in [-0.3, -0.25) is 4.79 Å². The maximum absolute atomic E-state index is 12.4. The van der Waals surface area contributed by atoms with Crippen LogP contribution < -0.4 is 10.6 Å². The third kappa shape index (κ3) is 5.90. The van der Waals surface area contributed by atoms with Gasteiger partial charge in [-0.25, -0.2) is 9.97 Å². The van der Waals surface area contributed by atoms with E-state index in [-0.39, 0.29) is 36.8 Å². The van der Waals surface area contributed by atoms with Gasteiger partial charge in [-0.2, -0.15) is 0 Å². The van der Waals surface area contributed by atoms with Crippen molar-refractivity contribution in [1.82, 2.24) is 25.2 Å². The molecule has 0 spiro atoms. The number of carbonyl (C=O) groups excluding carboxylic acids is 1. The maximum atomic E-state index is 12.4. The second kappa shape index (κ2) is 11.1. The molecule has 1 unspecified atom stereocenters. The topological polar surface area (TPSA) is 81.1 Å². The monoisotopic (exact) mass is 437 g/mol. The van der Waals surface area contributed by atoms with Crippen LogP contribution in [0.2, 0.25) is 0 Å². The van der Waals surface area contributed by atoms with Gasteiger partial charge < -0.3 is 19.9 Å². The molecule has 2 N–H and O–H groups in total. The molecule has 9 heteroatoms. The Bertz CT molecular complexity index is 914. The maximum Gasteiger partial charge on any atom is 0.252 e. The van der Waals surface area contributed by atoms with Crippen molar-refractivity contribution in [3.05, 3.63) is 60.0 Å². The second-order valence-corrected chi connectivity index (χ2v) is 6.67. The highest BCUT2D eigenvalue weighted by Crippen LogP contribution is 2.14. The molecule has 1 aliphatic heterocycles. The zero-order chi connectivity index (χ0) is 18.5. The molecule has 0 aliphatic carbocycles. The highest BCUT2D eigenvalue weighted by atomic mass is 35.5. The van der Waals surface area contributed by atoms with Crippen molar-refractivity contribution >= 4 is 41.9 Å². The third-order valence-electron chi connectivity index (χ3n) is 4.67. The number of imidazole rings is 1. The highest BCUT2D eigenvalue weighted by Gasteiger charge is 2.14. The number of pyridine rings is 1. The molecule has 1 aliphatic rings. The Morgan fingerprint density at radius 1 is 1.24 bits per heavy atom. The van der Waals surface area contributed by atoms with E-state index in [0.717, 1.165) is 37.3 Å². The lowest BCUT2D eigenvalue weighted by Crippen LogP contribution is -2.40. The Kier molecular flexibility index (Phi) is 8.85. The average Bonchev–Trinajstić information content (AvgIpc) is 3.11. The Balaban J connectivity index is 0.00000150. The van der Waals surface area contributed by atoms with E-state index >= 15 is 0 Å². The van der Waals surface area contributed by atoms with Crippen LogP contribution in [-0.2, 0) is 11.3 Å². The van der Waals surface area contributed by atoms with Gasteiger partial charge in [-0.15, -0.1) is 24.8 Å². The number of halogens is 2. The standard InChI is InChI=1S/C20H23N5O2.2ClH/c26-20(22-7-6-17-12-21-8-9-27-17)16-10-18-19(23-11-16)25(14-24-18)13-15-4-2-1-3-5-15;;/h1-5,10-11,14,17,21H,6-9,12-13H2,(H,22,26);2*1H. The normalized spacial score (nSPS) is 15.9. The summed E-state index contributed by atoms with van der Waals surface area (Å²) in [4.78, 5) is 21.3. The van der Waals surface area contributed by atoms with Gasteiger partial charge in [0.1, 0.15) is 5.52 Å². The van der Waals surface area contributed by atoms with Crippen molar-refractivity contribution in [1.29, 1.82) is 0 Å². The zero-order valence-electron chi connectivity index (χ0n) is 15.9. The SMILES string of the molecule is Cl.Cl.O=C(NCCC1CNCCO1)c1cnc2c(c1)ncn2Cc1ccccc1. The molecular formula is C20H25Cl2N5O2. The van der Waals surface area contributed by atoms with Crippen LogP contribution in [0.5, 0.6) is 0 Å². The first-order valence-corrected chi connectivity index (χ1v) is 9.25. The molecule has 156 valence electrons. The largest absolute Gasteiger partial charge is 0.376 e. The molecule has 3 heterocycles. The fourth-order valence-corrected chi connectivity index (χ4v) is 3.22. The number of morpholine rings is 1. The van der Waals surface area contributed by atoms with Crippen molar-refractivity contribution in [3.8, 4) is 0 Å². The van der Waals surface area contributed by atoms with E-state index in [0.29, 0.717) is 18.7 Å². The predicted molar refractivity (Wildman–Crippen MR) is 117 cm³/mol. The van der Waals surface area contributed by atoms with Gasteiger partial charge in [-0.05, 0) is 18.1 Å². The quantitative estimate of drug-likeness (QED) is 0.618.